The highest BCUT2D eigenvalue weighted by molar-refractivity contribution is 5.95. The maximum absolute atomic E-state index is 14.1. The van der Waals surface area contributed by atoms with Crippen molar-refractivity contribution >= 4 is 5.90 Å². The summed E-state index contributed by atoms with van der Waals surface area (Å²) in [6.07, 6.45) is 8.04. The van der Waals surface area contributed by atoms with Gasteiger partial charge in [-0.2, -0.15) is 0 Å². The first kappa shape index (κ1) is 19.5. The first-order valence-corrected chi connectivity index (χ1v) is 9.93. The minimum absolute atomic E-state index is 0.0619. The summed E-state index contributed by atoms with van der Waals surface area (Å²) in [5.41, 5.74) is 2.21. The van der Waals surface area contributed by atoms with Crippen molar-refractivity contribution < 1.29 is 13.5 Å². The molecule has 0 bridgehead atoms. The van der Waals surface area contributed by atoms with E-state index in [-0.39, 0.29) is 17.5 Å². The van der Waals surface area contributed by atoms with Crippen molar-refractivity contribution in [3.63, 3.8) is 0 Å². The summed E-state index contributed by atoms with van der Waals surface area (Å²) in [7, 11) is 0. The van der Waals surface area contributed by atoms with Crippen LogP contribution in [0.3, 0.4) is 0 Å². The number of ether oxygens (including phenoxy) is 1. The van der Waals surface area contributed by atoms with Gasteiger partial charge in [0, 0.05) is 6.42 Å². The van der Waals surface area contributed by atoms with Crippen molar-refractivity contribution in [2.24, 2.45) is 4.99 Å². The molecule has 2 aromatic rings. The maximum Gasteiger partial charge on any atom is 0.222 e. The molecule has 4 heteroatoms. The molecule has 0 saturated heterocycles. The number of halogens is 2. The van der Waals surface area contributed by atoms with Gasteiger partial charge in [-0.1, -0.05) is 62.9 Å². The summed E-state index contributed by atoms with van der Waals surface area (Å²) in [4.78, 5) is 4.52. The molecule has 2 aromatic carbocycles. The Balaban J connectivity index is 1.73. The van der Waals surface area contributed by atoms with Crippen molar-refractivity contribution in [2.45, 2.75) is 57.9 Å². The van der Waals surface area contributed by atoms with Crippen LogP contribution >= 0.6 is 0 Å². The molecule has 1 aliphatic rings. The molecule has 3 rings (SSSR count). The second kappa shape index (κ2) is 9.63. The Kier molecular flexibility index (Phi) is 6.97. The first-order valence-electron chi connectivity index (χ1n) is 9.93. The summed E-state index contributed by atoms with van der Waals surface area (Å²) >= 11 is 0. The third-order valence-electron chi connectivity index (χ3n) is 4.98. The van der Waals surface area contributed by atoms with E-state index in [1.165, 1.54) is 55.9 Å². The first-order chi connectivity index (χ1) is 13.2. The summed E-state index contributed by atoms with van der Waals surface area (Å²) in [5, 5.41) is 0. The minimum Gasteiger partial charge on any atom is -0.477 e. The van der Waals surface area contributed by atoms with Crippen molar-refractivity contribution in [3.05, 3.63) is 70.8 Å². The molecule has 0 radical (unpaired) electrons. The van der Waals surface area contributed by atoms with Crippen LogP contribution in [0.2, 0.25) is 0 Å². The summed E-state index contributed by atoms with van der Waals surface area (Å²) < 4.78 is 33.6. The Morgan fingerprint density at radius 2 is 1.74 bits per heavy atom. The zero-order valence-electron chi connectivity index (χ0n) is 15.9. The van der Waals surface area contributed by atoms with Crippen molar-refractivity contribution in [3.8, 4) is 0 Å². The van der Waals surface area contributed by atoms with E-state index in [0.29, 0.717) is 13.0 Å². The lowest BCUT2D eigenvalue weighted by atomic mass is 9.98. The molecule has 0 N–H and O–H groups in total. The van der Waals surface area contributed by atoms with Gasteiger partial charge in [0.15, 0.2) is 0 Å². The molecule has 0 spiro atoms. The highest BCUT2D eigenvalue weighted by Gasteiger charge is 2.23. The van der Waals surface area contributed by atoms with Gasteiger partial charge >= 0.3 is 0 Å². The van der Waals surface area contributed by atoms with Crippen LogP contribution in [0.15, 0.2) is 47.5 Å². The second-order valence-corrected chi connectivity index (χ2v) is 7.09. The molecule has 0 saturated carbocycles. The molecular weight excluding hydrogens is 344 g/mol. The maximum atomic E-state index is 14.1. The molecule has 0 aromatic heterocycles. The number of aliphatic imine (C=N–C) groups is 1. The van der Waals surface area contributed by atoms with Gasteiger partial charge in [-0.15, -0.1) is 0 Å². The van der Waals surface area contributed by atoms with Gasteiger partial charge in [0.05, 0.1) is 12.6 Å². The second-order valence-electron chi connectivity index (χ2n) is 7.09. The zero-order valence-corrected chi connectivity index (χ0v) is 15.9. The lowest BCUT2D eigenvalue weighted by Gasteiger charge is -2.22. The molecule has 1 unspecified atom stereocenters. The number of benzene rings is 2. The van der Waals surface area contributed by atoms with E-state index in [1.54, 1.807) is 0 Å². The van der Waals surface area contributed by atoms with Gasteiger partial charge in [0.25, 0.3) is 0 Å². The smallest absolute Gasteiger partial charge is 0.222 e. The molecule has 27 heavy (non-hydrogen) atoms. The Labute approximate surface area is 160 Å². The van der Waals surface area contributed by atoms with E-state index in [2.05, 4.69) is 24.0 Å². The lowest BCUT2D eigenvalue weighted by molar-refractivity contribution is 0.260. The average molecular weight is 371 g/mol. The fourth-order valence-corrected chi connectivity index (χ4v) is 3.48. The Morgan fingerprint density at radius 3 is 2.52 bits per heavy atom. The summed E-state index contributed by atoms with van der Waals surface area (Å²) in [6.45, 7) is 2.62. The third-order valence-corrected chi connectivity index (χ3v) is 4.98. The predicted octanol–water partition coefficient (Wildman–Crippen LogP) is 6.39. The average Bonchev–Trinajstić information content (AvgIpc) is 2.68. The summed E-state index contributed by atoms with van der Waals surface area (Å²) in [5.74, 6) is -1.22. The van der Waals surface area contributed by atoms with E-state index < -0.39 is 11.6 Å². The van der Waals surface area contributed by atoms with Crippen LogP contribution in [0.5, 0.6) is 0 Å². The number of nitrogens with zero attached hydrogens (tertiary/aromatic N) is 1. The fraction of sp³-hybridized carbons (Fsp3) is 0.435. The van der Waals surface area contributed by atoms with Gasteiger partial charge in [-0.05, 0) is 36.1 Å². The number of hydrogen-bond donors (Lipinski definition) is 0. The van der Waals surface area contributed by atoms with Crippen LogP contribution in [0, 0.1) is 11.6 Å². The van der Waals surface area contributed by atoms with Crippen molar-refractivity contribution in [2.75, 3.05) is 6.61 Å². The monoisotopic (exact) mass is 371 g/mol. The van der Waals surface area contributed by atoms with E-state index in [9.17, 15) is 8.78 Å². The number of rotatable bonds is 8. The molecular formula is C23H27F2NO. The predicted molar refractivity (Wildman–Crippen MR) is 105 cm³/mol. The molecule has 2 nitrogen and oxygen atoms in total. The van der Waals surface area contributed by atoms with Crippen LogP contribution in [-0.2, 0) is 11.2 Å². The Bertz CT molecular complexity index is 767. The van der Waals surface area contributed by atoms with E-state index >= 15 is 0 Å². The van der Waals surface area contributed by atoms with Gasteiger partial charge in [0.2, 0.25) is 5.90 Å². The van der Waals surface area contributed by atoms with Crippen LogP contribution in [0.25, 0.3) is 0 Å². The van der Waals surface area contributed by atoms with Crippen LogP contribution in [0.1, 0.15) is 68.2 Å². The van der Waals surface area contributed by atoms with E-state index in [0.717, 1.165) is 12.0 Å². The lowest BCUT2D eigenvalue weighted by Crippen LogP contribution is -2.20. The standard InChI is InChI=1S/C23H27F2NO/c1-2-3-4-5-6-9-17-10-7-11-18(16-17)21-14-15-27-23(26-21)22-19(24)12-8-13-20(22)25/h7-8,10-13,16,21H,2-6,9,14-15H2,1H3. The topological polar surface area (TPSA) is 21.6 Å². The Morgan fingerprint density at radius 1 is 1.00 bits per heavy atom. The van der Waals surface area contributed by atoms with Crippen molar-refractivity contribution in [1.82, 2.24) is 0 Å². The van der Waals surface area contributed by atoms with E-state index in [1.807, 2.05) is 12.1 Å². The molecule has 0 amide bonds. The Hall–Kier alpha value is -2.23. The number of unbranched alkanes of at least 4 members (excludes halogenated alkanes) is 4. The van der Waals surface area contributed by atoms with Gasteiger partial charge in [0.1, 0.15) is 17.2 Å². The van der Waals surface area contributed by atoms with Gasteiger partial charge in [-0.25, -0.2) is 13.8 Å². The van der Waals surface area contributed by atoms with Gasteiger partial charge in [-0.3, -0.25) is 0 Å². The molecule has 0 fully saturated rings. The molecule has 144 valence electrons. The quantitative estimate of drug-likeness (QED) is 0.493. The van der Waals surface area contributed by atoms with Crippen molar-refractivity contribution in [1.29, 1.82) is 0 Å². The van der Waals surface area contributed by atoms with Crippen LogP contribution in [0.4, 0.5) is 8.78 Å². The minimum atomic E-state index is -0.643. The molecule has 1 aliphatic heterocycles. The summed E-state index contributed by atoms with van der Waals surface area (Å²) in [6, 6.07) is 12.1. The van der Waals surface area contributed by atoms with Crippen LogP contribution < -0.4 is 0 Å². The van der Waals surface area contributed by atoms with Gasteiger partial charge < -0.3 is 4.74 Å². The van der Waals surface area contributed by atoms with Crippen LogP contribution in [-0.4, -0.2) is 12.5 Å². The fourth-order valence-electron chi connectivity index (χ4n) is 3.48. The zero-order chi connectivity index (χ0) is 19.1. The molecule has 1 heterocycles. The molecule has 0 aliphatic carbocycles. The molecule has 1 atom stereocenters. The third kappa shape index (κ3) is 5.15. The van der Waals surface area contributed by atoms with E-state index in [4.69, 9.17) is 4.74 Å². The number of aryl methyl sites for hydroxylation is 1. The highest BCUT2D eigenvalue weighted by atomic mass is 19.1. The largest absolute Gasteiger partial charge is 0.477 e. The normalized spacial score (nSPS) is 16.7. The highest BCUT2D eigenvalue weighted by Crippen LogP contribution is 2.28. The SMILES string of the molecule is CCCCCCCc1cccc(C2CCOC(c3c(F)cccc3F)=N2)c1. The number of hydrogen-bond acceptors (Lipinski definition) is 2.